The van der Waals surface area contributed by atoms with Crippen LogP contribution in [-0.2, 0) is 0 Å². The van der Waals surface area contributed by atoms with Gasteiger partial charge in [0, 0.05) is 12.7 Å². The molecule has 1 aromatic carbocycles. The van der Waals surface area contributed by atoms with Crippen molar-refractivity contribution in [2.24, 2.45) is 0 Å². The third kappa shape index (κ3) is 2.45. The third-order valence-corrected chi connectivity index (χ3v) is 3.07. The van der Waals surface area contributed by atoms with E-state index in [1.54, 1.807) is 6.20 Å². The van der Waals surface area contributed by atoms with E-state index in [2.05, 4.69) is 41.9 Å². The first-order chi connectivity index (χ1) is 8.47. The largest absolute Gasteiger partial charge is 0.397 e. The lowest BCUT2D eigenvalue weighted by molar-refractivity contribution is 1.11. The van der Waals surface area contributed by atoms with E-state index in [9.17, 15) is 0 Å². The molecule has 2 aromatic rings. The van der Waals surface area contributed by atoms with Crippen LogP contribution in [-0.4, -0.2) is 12.0 Å². The van der Waals surface area contributed by atoms with Crippen LogP contribution in [0.4, 0.5) is 17.2 Å². The number of nitrogens with zero attached hydrogens (tertiary/aromatic N) is 2. The van der Waals surface area contributed by atoms with E-state index in [4.69, 9.17) is 5.73 Å². The van der Waals surface area contributed by atoms with Crippen LogP contribution >= 0.6 is 0 Å². The van der Waals surface area contributed by atoms with Gasteiger partial charge in [0.05, 0.1) is 11.9 Å². The maximum atomic E-state index is 5.79. The van der Waals surface area contributed by atoms with Crippen LogP contribution in [0.5, 0.6) is 0 Å². The molecule has 0 saturated heterocycles. The van der Waals surface area contributed by atoms with Crippen LogP contribution in [0.1, 0.15) is 16.7 Å². The summed E-state index contributed by atoms with van der Waals surface area (Å²) in [5.41, 5.74) is 11.2. The number of nitrogen functional groups attached to an aromatic ring is 1. The Bertz CT molecular complexity index is 556. The molecule has 0 atom stereocenters. The summed E-state index contributed by atoms with van der Waals surface area (Å²) >= 11 is 0. The highest BCUT2D eigenvalue weighted by Gasteiger charge is 2.07. The number of hydrogen-bond acceptors (Lipinski definition) is 3. The van der Waals surface area contributed by atoms with Crippen molar-refractivity contribution in [2.75, 3.05) is 17.7 Å². The van der Waals surface area contributed by atoms with Crippen molar-refractivity contribution in [2.45, 2.75) is 20.8 Å². The van der Waals surface area contributed by atoms with Crippen LogP contribution in [0, 0.1) is 20.8 Å². The summed E-state index contributed by atoms with van der Waals surface area (Å²) < 4.78 is 0. The fourth-order valence-corrected chi connectivity index (χ4v) is 2.01. The molecule has 0 radical (unpaired) electrons. The molecule has 2 rings (SSSR count). The minimum absolute atomic E-state index is 0.729. The summed E-state index contributed by atoms with van der Waals surface area (Å²) in [6.07, 6.45) is 1.71. The van der Waals surface area contributed by atoms with Crippen molar-refractivity contribution < 1.29 is 0 Å². The molecule has 1 heterocycles. The highest BCUT2D eigenvalue weighted by atomic mass is 15.2. The highest BCUT2D eigenvalue weighted by Crippen LogP contribution is 2.25. The molecule has 18 heavy (non-hydrogen) atoms. The van der Waals surface area contributed by atoms with Gasteiger partial charge in [-0.3, -0.25) is 0 Å². The van der Waals surface area contributed by atoms with Crippen molar-refractivity contribution in [3.8, 4) is 0 Å². The molecule has 0 bridgehead atoms. The molecule has 2 N–H and O–H groups in total. The van der Waals surface area contributed by atoms with Gasteiger partial charge in [-0.1, -0.05) is 6.07 Å². The number of hydrogen-bond donors (Lipinski definition) is 1. The number of aromatic nitrogens is 1. The van der Waals surface area contributed by atoms with Gasteiger partial charge in [0.1, 0.15) is 5.82 Å². The number of aryl methyl sites for hydroxylation is 3. The second kappa shape index (κ2) is 4.69. The fraction of sp³-hybridized carbons (Fsp3) is 0.267. The van der Waals surface area contributed by atoms with Gasteiger partial charge in [-0.15, -0.1) is 0 Å². The molecule has 0 aliphatic carbocycles. The van der Waals surface area contributed by atoms with Crippen LogP contribution in [0.2, 0.25) is 0 Å². The number of rotatable bonds is 2. The molecule has 0 saturated carbocycles. The van der Waals surface area contributed by atoms with Crippen LogP contribution in [0.25, 0.3) is 0 Å². The second-order valence-corrected chi connectivity index (χ2v) is 4.80. The number of benzene rings is 1. The molecule has 3 nitrogen and oxygen atoms in total. The Kier molecular flexibility index (Phi) is 3.24. The molecule has 0 aliphatic heterocycles. The molecule has 0 unspecified atom stereocenters. The van der Waals surface area contributed by atoms with E-state index in [-0.39, 0.29) is 0 Å². The van der Waals surface area contributed by atoms with E-state index in [1.807, 2.05) is 20.0 Å². The fourth-order valence-electron chi connectivity index (χ4n) is 2.01. The lowest BCUT2D eigenvalue weighted by atomic mass is 10.1. The van der Waals surface area contributed by atoms with E-state index >= 15 is 0 Å². The maximum absolute atomic E-state index is 5.79. The van der Waals surface area contributed by atoms with Crippen molar-refractivity contribution >= 4 is 17.2 Å². The summed E-state index contributed by atoms with van der Waals surface area (Å²) in [6, 6.07) is 8.48. The van der Waals surface area contributed by atoms with E-state index < -0.39 is 0 Å². The Balaban J connectivity index is 2.40. The average Bonchev–Trinajstić information content (AvgIpc) is 2.30. The predicted molar refractivity (Wildman–Crippen MR) is 77.4 cm³/mol. The predicted octanol–water partition coefficient (Wildman–Crippen LogP) is 3.36. The summed E-state index contributed by atoms with van der Waals surface area (Å²) in [6.45, 7) is 6.20. The number of anilines is 3. The first-order valence-corrected chi connectivity index (χ1v) is 6.01. The normalized spacial score (nSPS) is 10.4. The Morgan fingerprint density at radius 3 is 2.17 bits per heavy atom. The Hall–Kier alpha value is -2.03. The lowest BCUT2D eigenvalue weighted by Gasteiger charge is -2.20. The zero-order valence-corrected chi connectivity index (χ0v) is 11.4. The zero-order valence-electron chi connectivity index (χ0n) is 11.4. The second-order valence-electron chi connectivity index (χ2n) is 4.80. The molecule has 1 aromatic heterocycles. The minimum atomic E-state index is 0.729. The SMILES string of the molecule is Cc1cc(C)cc(N(C)c2cc(C)c(N)cn2)c1. The molecule has 0 aliphatic rings. The molecule has 94 valence electrons. The first-order valence-electron chi connectivity index (χ1n) is 6.01. The standard InChI is InChI=1S/C15H19N3/c1-10-5-11(2)7-13(6-10)18(4)15-8-12(3)14(16)9-17-15/h5-9H,16H2,1-4H3. The average molecular weight is 241 g/mol. The quantitative estimate of drug-likeness (QED) is 0.876. The minimum Gasteiger partial charge on any atom is -0.397 e. The van der Waals surface area contributed by atoms with Crippen LogP contribution < -0.4 is 10.6 Å². The topological polar surface area (TPSA) is 42.1 Å². The van der Waals surface area contributed by atoms with Gasteiger partial charge in [0.2, 0.25) is 0 Å². The van der Waals surface area contributed by atoms with Crippen molar-refractivity contribution in [1.82, 2.24) is 4.98 Å². The molecular formula is C15H19N3. The summed E-state index contributed by atoms with van der Waals surface area (Å²) in [4.78, 5) is 6.45. The maximum Gasteiger partial charge on any atom is 0.133 e. The van der Waals surface area contributed by atoms with Crippen LogP contribution in [0.15, 0.2) is 30.5 Å². The van der Waals surface area contributed by atoms with Crippen molar-refractivity contribution in [1.29, 1.82) is 0 Å². The molecular weight excluding hydrogens is 222 g/mol. The monoisotopic (exact) mass is 241 g/mol. The van der Waals surface area contributed by atoms with Gasteiger partial charge in [0.15, 0.2) is 0 Å². The van der Waals surface area contributed by atoms with Crippen molar-refractivity contribution in [3.05, 3.63) is 47.2 Å². The molecule has 0 amide bonds. The molecule has 0 fully saturated rings. The summed E-state index contributed by atoms with van der Waals surface area (Å²) in [5.74, 6) is 0.909. The van der Waals surface area contributed by atoms with Gasteiger partial charge < -0.3 is 10.6 Å². The number of pyridine rings is 1. The van der Waals surface area contributed by atoms with Gasteiger partial charge >= 0.3 is 0 Å². The van der Waals surface area contributed by atoms with E-state index in [0.717, 1.165) is 22.8 Å². The molecule has 3 heteroatoms. The summed E-state index contributed by atoms with van der Waals surface area (Å²) in [7, 11) is 2.02. The smallest absolute Gasteiger partial charge is 0.133 e. The summed E-state index contributed by atoms with van der Waals surface area (Å²) in [5, 5.41) is 0. The van der Waals surface area contributed by atoms with Gasteiger partial charge in [-0.2, -0.15) is 0 Å². The van der Waals surface area contributed by atoms with E-state index in [1.165, 1.54) is 11.1 Å². The van der Waals surface area contributed by atoms with E-state index in [0.29, 0.717) is 0 Å². The lowest BCUT2D eigenvalue weighted by Crippen LogP contribution is -2.12. The van der Waals surface area contributed by atoms with Gasteiger partial charge in [0.25, 0.3) is 0 Å². The first kappa shape index (κ1) is 12.4. The Morgan fingerprint density at radius 1 is 1.00 bits per heavy atom. The third-order valence-electron chi connectivity index (χ3n) is 3.07. The van der Waals surface area contributed by atoms with Crippen molar-refractivity contribution in [3.63, 3.8) is 0 Å². The highest BCUT2D eigenvalue weighted by molar-refractivity contribution is 5.63. The van der Waals surface area contributed by atoms with Crippen LogP contribution in [0.3, 0.4) is 0 Å². The number of nitrogens with two attached hydrogens (primary N) is 1. The van der Waals surface area contributed by atoms with Gasteiger partial charge in [-0.05, 0) is 55.7 Å². The van der Waals surface area contributed by atoms with Gasteiger partial charge in [-0.25, -0.2) is 4.98 Å². The zero-order chi connectivity index (χ0) is 13.3. The Labute approximate surface area is 108 Å². The Morgan fingerprint density at radius 2 is 1.61 bits per heavy atom. The molecule has 0 spiro atoms.